The van der Waals surface area contributed by atoms with Gasteiger partial charge in [0.05, 0.1) is 17.1 Å². The van der Waals surface area contributed by atoms with Gasteiger partial charge in [-0.1, -0.05) is 194 Å². The summed E-state index contributed by atoms with van der Waals surface area (Å²) in [6.45, 7) is 13.8. The SMILES string of the molecule is CCCCCCC=CC(=Nc1cc(CCCCC)cc(CCCCC)c1)C(C#CCCCCCCCCCCCC)=Nc1cc(CCCCC)cc(CCCCC)c1. The van der Waals surface area contributed by atoms with Crippen LogP contribution in [0.5, 0.6) is 0 Å². The molecule has 0 saturated heterocycles. The molecule has 0 bridgehead atoms. The minimum absolute atomic E-state index is 0.825. The van der Waals surface area contributed by atoms with E-state index in [4.69, 9.17) is 9.98 Å². The van der Waals surface area contributed by atoms with Gasteiger partial charge in [-0.2, -0.15) is 0 Å². The molecule has 0 amide bonds. The van der Waals surface area contributed by atoms with Gasteiger partial charge < -0.3 is 0 Å². The van der Waals surface area contributed by atoms with Gasteiger partial charge in [-0.3, -0.25) is 0 Å². The molecular weight excluding hydrogens is 701 g/mol. The van der Waals surface area contributed by atoms with E-state index in [1.807, 2.05) is 0 Å². The van der Waals surface area contributed by atoms with Crippen LogP contribution in [0.25, 0.3) is 0 Å². The van der Waals surface area contributed by atoms with Crippen LogP contribution in [0.2, 0.25) is 0 Å². The number of hydrogen-bond donors (Lipinski definition) is 0. The van der Waals surface area contributed by atoms with Crippen molar-refractivity contribution in [3.63, 3.8) is 0 Å². The van der Waals surface area contributed by atoms with Gasteiger partial charge in [0.15, 0.2) is 0 Å². The number of benzene rings is 2. The fourth-order valence-electron chi connectivity index (χ4n) is 7.83. The molecule has 2 heteroatoms. The van der Waals surface area contributed by atoms with Gasteiger partial charge >= 0.3 is 0 Å². The largest absolute Gasteiger partial charge is 0.246 e. The topological polar surface area (TPSA) is 24.7 Å². The summed E-state index contributed by atoms with van der Waals surface area (Å²) in [6, 6.07) is 14.3. The minimum atomic E-state index is 0.825. The lowest BCUT2D eigenvalue weighted by atomic mass is 9.99. The third-order valence-corrected chi connectivity index (χ3v) is 11.4. The fraction of sp³-hybridized carbons (Fsp3) is 0.679. The number of nitrogens with zero attached hydrogens (tertiary/aromatic N) is 2. The van der Waals surface area contributed by atoms with Crippen molar-refractivity contribution in [3.8, 4) is 11.8 Å². The maximum Gasteiger partial charge on any atom is 0.139 e. The molecule has 0 aliphatic heterocycles. The van der Waals surface area contributed by atoms with Crippen LogP contribution >= 0.6 is 0 Å². The van der Waals surface area contributed by atoms with Crippen LogP contribution in [0, 0.1) is 11.8 Å². The summed E-state index contributed by atoms with van der Waals surface area (Å²) in [5.74, 6) is 7.28. The molecule has 0 unspecified atom stereocenters. The van der Waals surface area contributed by atoms with E-state index in [1.165, 1.54) is 183 Å². The second kappa shape index (κ2) is 36.0. The van der Waals surface area contributed by atoms with Crippen LogP contribution in [0.4, 0.5) is 11.4 Å². The Kier molecular flexibility index (Phi) is 31.8. The molecule has 2 nitrogen and oxygen atoms in total. The highest BCUT2D eigenvalue weighted by Gasteiger charge is 2.10. The van der Waals surface area contributed by atoms with E-state index in [0.29, 0.717) is 0 Å². The van der Waals surface area contributed by atoms with E-state index >= 15 is 0 Å². The lowest BCUT2D eigenvalue weighted by Gasteiger charge is -2.10. The van der Waals surface area contributed by atoms with Crippen molar-refractivity contribution >= 4 is 22.8 Å². The maximum absolute atomic E-state index is 5.51. The van der Waals surface area contributed by atoms with Crippen LogP contribution < -0.4 is 0 Å². The molecule has 0 radical (unpaired) electrons. The Labute approximate surface area is 361 Å². The molecule has 2 rings (SSSR count). The van der Waals surface area contributed by atoms with Crippen LogP contribution in [0.1, 0.15) is 244 Å². The van der Waals surface area contributed by atoms with Crippen LogP contribution in [0.15, 0.2) is 58.5 Å². The molecule has 0 N–H and O–H groups in total. The monoisotopic (exact) mass is 791 g/mol. The Morgan fingerprint density at radius 2 is 0.776 bits per heavy atom. The Morgan fingerprint density at radius 3 is 1.21 bits per heavy atom. The minimum Gasteiger partial charge on any atom is -0.246 e. The number of unbranched alkanes of at least 4 members (excludes halogenated alkanes) is 22. The van der Waals surface area contributed by atoms with Crippen molar-refractivity contribution in [2.75, 3.05) is 0 Å². The van der Waals surface area contributed by atoms with Crippen molar-refractivity contribution in [1.82, 2.24) is 0 Å². The first-order valence-corrected chi connectivity index (χ1v) is 25.1. The predicted octanol–water partition coefficient (Wildman–Crippen LogP) is 18.3. The second-order valence-corrected chi connectivity index (χ2v) is 17.3. The molecule has 58 heavy (non-hydrogen) atoms. The molecule has 2 aromatic rings. The summed E-state index contributed by atoms with van der Waals surface area (Å²) in [5.41, 5.74) is 9.52. The number of rotatable bonds is 35. The standard InChI is InChI=1S/C56H90N2/c1-7-13-19-21-23-24-25-26-27-28-30-36-42-56(58-54-47-51(39-33-17-11-5)44-52(48-54)40-34-18-12-6)55(41-35-29-22-20-14-8-2)57-53-45-49(37-31-15-9-3)43-50(46-53)38-32-16-10-4/h35,41,43-48H,7-34,37-40H2,1-6H3. The molecule has 0 saturated carbocycles. The van der Waals surface area contributed by atoms with E-state index in [1.54, 1.807) is 0 Å². The molecule has 0 aromatic heterocycles. The highest BCUT2D eigenvalue weighted by atomic mass is 14.8. The summed E-state index contributed by atoms with van der Waals surface area (Å²) in [7, 11) is 0. The first-order valence-electron chi connectivity index (χ1n) is 25.1. The van der Waals surface area contributed by atoms with E-state index in [9.17, 15) is 0 Å². The number of aliphatic imine (C=N–C) groups is 2. The number of allylic oxidation sites excluding steroid dienone is 2. The Morgan fingerprint density at radius 1 is 0.414 bits per heavy atom. The third kappa shape index (κ3) is 25.5. The van der Waals surface area contributed by atoms with Crippen molar-refractivity contribution in [3.05, 3.63) is 70.8 Å². The maximum atomic E-state index is 5.51. The van der Waals surface area contributed by atoms with Crippen molar-refractivity contribution in [2.24, 2.45) is 9.98 Å². The Bertz CT molecular complexity index is 1410. The molecule has 324 valence electrons. The van der Waals surface area contributed by atoms with Crippen molar-refractivity contribution in [1.29, 1.82) is 0 Å². The van der Waals surface area contributed by atoms with Gasteiger partial charge in [-0.25, -0.2) is 9.98 Å². The summed E-state index contributed by atoms with van der Waals surface area (Å²) in [6.07, 6.45) is 44.5. The Hall–Kier alpha value is -2.92. The molecule has 0 atom stereocenters. The van der Waals surface area contributed by atoms with Crippen LogP contribution in [0.3, 0.4) is 0 Å². The van der Waals surface area contributed by atoms with Gasteiger partial charge in [-0.05, 0) is 129 Å². The zero-order valence-electron chi connectivity index (χ0n) is 39.1. The fourth-order valence-corrected chi connectivity index (χ4v) is 7.83. The highest BCUT2D eigenvalue weighted by molar-refractivity contribution is 6.53. The molecule has 2 aromatic carbocycles. The number of hydrogen-bond acceptors (Lipinski definition) is 2. The number of aryl methyl sites for hydroxylation is 4. The van der Waals surface area contributed by atoms with E-state index < -0.39 is 0 Å². The van der Waals surface area contributed by atoms with Crippen LogP contribution in [-0.4, -0.2) is 11.4 Å². The molecule has 0 spiro atoms. The normalized spacial score (nSPS) is 12.1. The molecule has 0 aliphatic carbocycles. The summed E-state index contributed by atoms with van der Waals surface area (Å²) in [5, 5.41) is 0. The molecular formula is C56H90N2. The predicted molar refractivity (Wildman–Crippen MR) is 262 cm³/mol. The van der Waals surface area contributed by atoms with Gasteiger partial charge in [0, 0.05) is 6.42 Å². The smallest absolute Gasteiger partial charge is 0.139 e. The zero-order valence-corrected chi connectivity index (χ0v) is 39.1. The van der Waals surface area contributed by atoms with Crippen LogP contribution in [-0.2, 0) is 25.7 Å². The third-order valence-electron chi connectivity index (χ3n) is 11.4. The van der Waals surface area contributed by atoms with Gasteiger partial charge in [-0.15, -0.1) is 0 Å². The lowest BCUT2D eigenvalue weighted by Crippen LogP contribution is -2.10. The van der Waals surface area contributed by atoms with E-state index in [2.05, 4.69) is 102 Å². The van der Waals surface area contributed by atoms with Crippen molar-refractivity contribution < 1.29 is 0 Å². The highest BCUT2D eigenvalue weighted by Crippen LogP contribution is 2.25. The first-order chi connectivity index (χ1) is 28.6. The van der Waals surface area contributed by atoms with Gasteiger partial charge in [0.25, 0.3) is 0 Å². The summed E-state index contributed by atoms with van der Waals surface area (Å²) in [4.78, 5) is 11.0. The molecule has 0 aliphatic rings. The average Bonchev–Trinajstić information content (AvgIpc) is 3.22. The molecule has 0 heterocycles. The first kappa shape index (κ1) is 51.2. The second-order valence-electron chi connectivity index (χ2n) is 17.3. The Balaban J connectivity index is 2.60. The van der Waals surface area contributed by atoms with Crippen molar-refractivity contribution in [2.45, 2.75) is 247 Å². The van der Waals surface area contributed by atoms with E-state index in [-0.39, 0.29) is 0 Å². The summed E-state index contributed by atoms with van der Waals surface area (Å²) >= 11 is 0. The lowest BCUT2D eigenvalue weighted by molar-refractivity contribution is 0.558. The van der Waals surface area contributed by atoms with E-state index in [0.717, 1.165) is 67.7 Å². The molecule has 0 fully saturated rings. The van der Waals surface area contributed by atoms with Gasteiger partial charge in [0.2, 0.25) is 0 Å². The zero-order chi connectivity index (χ0) is 41.7. The summed E-state index contributed by atoms with van der Waals surface area (Å²) < 4.78 is 0. The average molecular weight is 791 g/mol. The quantitative estimate of drug-likeness (QED) is 0.0377. The van der Waals surface area contributed by atoms with Gasteiger partial charge in [0.1, 0.15) is 5.71 Å².